The van der Waals surface area contributed by atoms with Crippen molar-refractivity contribution < 1.29 is 14.4 Å². The van der Waals surface area contributed by atoms with Gasteiger partial charge in [-0.25, -0.2) is 4.98 Å². The maximum absolute atomic E-state index is 13.7. The lowest BCUT2D eigenvalue weighted by Gasteiger charge is -2.17. The number of ether oxygens (including phenoxy) is 2. The molecular weight excluding hydrogens is 568 g/mol. The van der Waals surface area contributed by atoms with Gasteiger partial charge in [0.25, 0.3) is 11.2 Å². The van der Waals surface area contributed by atoms with Gasteiger partial charge >= 0.3 is 0 Å². The SMILES string of the molecule is COc1cc(C)c(-c2nc3ccccc3c(=O)n2N=Cc2ccc(OCc3ccc([N+](=O)[O-])cc3)c(Cl)c2)cc1C(C)C. The number of hydrogen-bond donors (Lipinski definition) is 0. The number of fused-ring (bicyclic) bond motifs is 1. The van der Waals surface area contributed by atoms with Gasteiger partial charge in [0.2, 0.25) is 0 Å². The molecule has 5 aromatic rings. The Morgan fingerprint density at radius 2 is 1.79 bits per heavy atom. The molecule has 0 fully saturated rings. The maximum Gasteiger partial charge on any atom is 0.282 e. The van der Waals surface area contributed by atoms with Crippen molar-refractivity contribution in [1.82, 2.24) is 9.66 Å². The van der Waals surface area contributed by atoms with Crippen LogP contribution in [-0.2, 0) is 6.61 Å². The van der Waals surface area contributed by atoms with E-state index in [1.54, 1.807) is 55.8 Å². The number of hydrogen-bond acceptors (Lipinski definition) is 7. The summed E-state index contributed by atoms with van der Waals surface area (Å²) in [4.78, 5) is 29.0. The number of benzene rings is 4. The molecule has 5 rings (SSSR count). The molecular formula is C33H29ClN4O5. The van der Waals surface area contributed by atoms with Gasteiger partial charge < -0.3 is 9.47 Å². The number of methoxy groups -OCH3 is 1. The molecule has 0 amide bonds. The Morgan fingerprint density at radius 1 is 1.05 bits per heavy atom. The van der Waals surface area contributed by atoms with Gasteiger partial charge in [0, 0.05) is 17.7 Å². The summed E-state index contributed by atoms with van der Waals surface area (Å²) in [5, 5.41) is 16.3. The Balaban J connectivity index is 1.49. The zero-order chi connectivity index (χ0) is 30.7. The average Bonchev–Trinajstić information content (AvgIpc) is 3.00. The van der Waals surface area contributed by atoms with E-state index in [0.717, 1.165) is 28.0 Å². The van der Waals surface area contributed by atoms with Crippen molar-refractivity contribution in [3.05, 3.63) is 127 Å². The lowest BCUT2D eigenvalue weighted by atomic mass is 9.96. The van der Waals surface area contributed by atoms with Crippen LogP contribution in [0.3, 0.4) is 0 Å². The zero-order valence-corrected chi connectivity index (χ0v) is 24.8. The summed E-state index contributed by atoms with van der Waals surface area (Å²) in [6.07, 6.45) is 1.55. The molecule has 0 unspecified atom stereocenters. The fourth-order valence-corrected chi connectivity index (χ4v) is 4.93. The van der Waals surface area contributed by atoms with Crippen LogP contribution in [0.25, 0.3) is 22.3 Å². The topological polar surface area (TPSA) is 109 Å². The molecule has 0 atom stereocenters. The number of aromatic nitrogens is 2. The summed E-state index contributed by atoms with van der Waals surface area (Å²) in [7, 11) is 1.64. The Labute approximate surface area is 253 Å². The van der Waals surface area contributed by atoms with E-state index >= 15 is 0 Å². The second kappa shape index (κ2) is 12.5. The van der Waals surface area contributed by atoms with Crippen LogP contribution in [0.4, 0.5) is 5.69 Å². The fraction of sp³-hybridized carbons (Fsp3) is 0.182. The first-order chi connectivity index (χ1) is 20.7. The number of rotatable bonds is 9. The lowest BCUT2D eigenvalue weighted by molar-refractivity contribution is -0.384. The van der Waals surface area contributed by atoms with Gasteiger partial charge in [0.1, 0.15) is 18.1 Å². The van der Waals surface area contributed by atoms with Gasteiger partial charge in [0.15, 0.2) is 5.82 Å². The van der Waals surface area contributed by atoms with E-state index in [2.05, 4.69) is 18.9 Å². The molecule has 43 heavy (non-hydrogen) atoms. The lowest BCUT2D eigenvalue weighted by Crippen LogP contribution is -2.20. The Morgan fingerprint density at radius 3 is 2.47 bits per heavy atom. The predicted octanol–water partition coefficient (Wildman–Crippen LogP) is 7.53. The highest BCUT2D eigenvalue weighted by Gasteiger charge is 2.18. The summed E-state index contributed by atoms with van der Waals surface area (Å²) < 4.78 is 12.8. The van der Waals surface area contributed by atoms with Gasteiger partial charge in [-0.1, -0.05) is 37.6 Å². The molecule has 0 saturated carbocycles. The molecule has 0 bridgehead atoms. The van der Waals surface area contributed by atoms with Crippen LogP contribution in [0.15, 0.2) is 88.8 Å². The van der Waals surface area contributed by atoms with Crippen LogP contribution < -0.4 is 15.0 Å². The van der Waals surface area contributed by atoms with Crippen molar-refractivity contribution in [3.63, 3.8) is 0 Å². The normalized spacial score (nSPS) is 11.4. The van der Waals surface area contributed by atoms with Gasteiger partial charge in [-0.05, 0) is 89.7 Å². The summed E-state index contributed by atoms with van der Waals surface area (Å²) in [5.74, 6) is 1.82. The molecule has 218 valence electrons. The van der Waals surface area contributed by atoms with Gasteiger partial charge in [-0.15, -0.1) is 0 Å². The molecule has 1 aromatic heterocycles. The van der Waals surface area contributed by atoms with E-state index in [1.807, 2.05) is 31.2 Å². The van der Waals surface area contributed by atoms with Crippen molar-refractivity contribution in [2.75, 3.05) is 7.11 Å². The first-order valence-corrected chi connectivity index (χ1v) is 13.9. The number of para-hydroxylation sites is 1. The molecule has 0 aliphatic carbocycles. The number of nitrogens with zero attached hydrogens (tertiary/aromatic N) is 4. The van der Waals surface area contributed by atoms with Crippen molar-refractivity contribution in [3.8, 4) is 22.9 Å². The van der Waals surface area contributed by atoms with E-state index in [-0.39, 0.29) is 23.8 Å². The monoisotopic (exact) mass is 596 g/mol. The highest BCUT2D eigenvalue weighted by atomic mass is 35.5. The fourth-order valence-electron chi connectivity index (χ4n) is 4.69. The molecule has 0 aliphatic heterocycles. The van der Waals surface area contributed by atoms with Crippen molar-refractivity contribution in [2.45, 2.75) is 33.3 Å². The maximum atomic E-state index is 13.7. The third kappa shape index (κ3) is 6.27. The van der Waals surface area contributed by atoms with E-state index in [4.69, 9.17) is 26.1 Å². The molecule has 0 N–H and O–H groups in total. The van der Waals surface area contributed by atoms with Crippen molar-refractivity contribution in [1.29, 1.82) is 0 Å². The smallest absolute Gasteiger partial charge is 0.282 e. The van der Waals surface area contributed by atoms with E-state index in [1.165, 1.54) is 16.8 Å². The molecule has 1 heterocycles. The predicted molar refractivity (Wildman–Crippen MR) is 169 cm³/mol. The number of non-ortho nitro benzene ring substituents is 1. The number of nitro benzene ring substituents is 1. The van der Waals surface area contributed by atoms with Crippen molar-refractivity contribution >= 4 is 34.4 Å². The highest BCUT2D eigenvalue weighted by Crippen LogP contribution is 2.34. The second-order valence-corrected chi connectivity index (χ2v) is 10.7. The molecule has 9 nitrogen and oxygen atoms in total. The van der Waals surface area contributed by atoms with Crippen LogP contribution in [0, 0.1) is 17.0 Å². The minimum atomic E-state index is -0.451. The van der Waals surface area contributed by atoms with E-state index < -0.39 is 4.92 Å². The molecule has 0 aliphatic rings. The molecule has 0 saturated heterocycles. The number of aryl methyl sites for hydroxylation is 1. The van der Waals surface area contributed by atoms with Gasteiger partial charge in [-0.3, -0.25) is 14.9 Å². The zero-order valence-electron chi connectivity index (χ0n) is 24.1. The van der Waals surface area contributed by atoms with E-state index in [0.29, 0.717) is 33.1 Å². The summed E-state index contributed by atoms with van der Waals surface area (Å²) in [5.41, 5.74) is 4.36. The quantitative estimate of drug-likeness (QED) is 0.0988. The van der Waals surface area contributed by atoms with Crippen LogP contribution in [0.2, 0.25) is 5.02 Å². The Bertz CT molecular complexity index is 1920. The summed E-state index contributed by atoms with van der Waals surface area (Å²) in [6, 6.07) is 22.4. The minimum absolute atomic E-state index is 0.0109. The van der Waals surface area contributed by atoms with Gasteiger partial charge in [-0.2, -0.15) is 9.78 Å². The molecule has 0 spiro atoms. The average molecular weight is 597 g/mol. The van der Waals surface area contributed by atoms with Gasteiger partial charge in [0.05, 0.1) is 34.2 Å². The summed E-state index contributed by atoms with van der Waals surface area (Å²) in [6.45, 7) is 6.30. The van der Waals surface area contributed by atoms with Crippen LogP contribution in [0.5, 0.6) is 11.5 Å². The first-order valence-electron chi connectivity index (χ1n) is 13.6. The number of nitro groups is 1. The van der Waals surface area contributed by atoms with Crippen LogP contribution in [-0.4, -0.2) is 27.9 Å². The van der Waals surface area contributed by atoms with Crippen LogP contribution in [0.1, 0.15) is 42.0 Å². The Kier molecular flexibility index (Phi) is 8.54. The van der Waals surface area contributed by atoms with Crippen molar-refractivity contribution in [2.24, 2.45) is 5.10 Å². The highest BCUT2D eigenvalue weighted by molar-refractivity contribution is 6.32. The first kappa shape index (κ1) is 29.5. The second-order valence-electron chi connectivity index (χ2n) is 10.3. The standard InChI is InChI=1S/C33H29ClN4O5/c1-20(2)26-17-27(21(3)15-31(26)42-4)32-36-29-8-6-5-7-25(29)33(39)37(32)35-18-23-11-14-30(28(34)16-23)43-19-22-9-12-24(13-10-22)38(40)41/h5-18,20H,19H2,1-4H3. The summed E-state index contributed by atoms with van der Waals surface area (Å²) >= 11 is 6.51. The van der Waals surface area contributed by atoms with E-state index in [9.17, 15) is 14.9 Å². The number of halogens is 1. The third-order valence-corrected chi connectivity index (χ3v) is 7.31. The van der Waals surface area contributed by atoms with Crippen LogP contribution >= 0.6 is 11.6 Å². The molecule has 0 radical (unpaired) electrons. The molecule has 10 heteroatoms. The largest absolute Gasteiger partial charge is 0.496 e. The minimum Gasteiger partial charge on any atom is -0.496 e. The Hall–Kier alpha value is -5.02. The molecule has 4 aromatic carbocycles. The third-order valence-electron chi connectivity index (χ3n) is 7.01.